The lowest BCUT2D eigenvalue weighted by Gasteiger charge is -2.31. The molecular weight excluding hydrogens is 540 g/mol. The van der Waals surface area contributed by atoms with Crippen LogP contribution in [0.2, 0.25) is 0 Å². The zero-order chi connectivity index (χ0) is 30.4. The van der Waals surface area contributed by atoms with E-state index in [0.717, 1.165) is 5.56 Å². The molecule has 1 aliphatic rings. The van der Waals surface area contributed by atoms with Crippen LogP contribution in [0.3, 0.4) is 0 Å². The largest absolute Gasteiger partial charge is 0.445 e. The molecule has 42 heavy (non-hydrogen) atoms. The number of hydrogen-bond donors (Lipinski definition) is 3. The van der Waals surface area contributed by atoms with Gasteiger partial charge in [-0.2, -0.15) is 0 Å². The molecule has 1 aliphatic heterocycles. The zero-order valence-corrected chi connectivity index (χ0v) is 24.3. The lowest BCUT2D eigenvalue weighted by Crippen LogP contribution is -2.57. The van der Waals surface area contributed by atoms with Crippen LogP contribution in [0, 0.1) is 11.8 Å². The number of aliphatic hydroxyl groups is 1. The van der Waals surface area contributed by atoms with Crippen LogP contribution >= 0.6 is 0 Å². The molecule has 0 bridgehead atoms. The van der Waals surface area contributed by atoms with Crippen molar-refractivity contribution in [2.75, 3.05) is 6.54 Å². The Morgan fingerprint density at radius 1 is 1.00 bits per heavy atom. The van der Waals surface area contributed by atoms with Crippen molar-refractivity contribution in [2.45, 2.75) is 71.9 Å². The Labute approximate surface area is 244 Å². The molecule has 3 aromatic rings. The number of Topliss-reactive ketones (excluding diaryl/α,β-unsaturated/α-hetero) is 1. The lowest BCUT2D eigenvalue weighted by molar-refractivity contribution is -0.141. The van der Waals surface area contributed by atoms with Crippen LogP contribution in [0.5, 0.6) is 0 Å². The van der Waals surface area contributed by atoms with Crippen molar-refractivity contribution in [2.24, 2.45) is 11.8 Å². The Morgan fingerprint density at radius 2 is 1.71 bits per heavy atom. The van der Waals surface area contributed by atoms with E-state index in [9.17, 15) is 24.3 Å². The summed E-state index contributed by atoms with van der Waals surface area (Å²) in [7, 11) is 0. The van der Waals surface area contributed by atoms with Crippen LogP contribution in [0.4, 0.5) is 4.79 Å². The van der Waals surface area contributed by atoms with Crippen LogP contribution in [-0.4, -0.2) is 63.4 Å². The normalized spacial score (nSPS) is 16.5. The molecule has 3 N–H and O–H groups in total. The number of hydrogen-bond acceptors (Lipinski definition) is 8. The van der Waals surface area contributed by atoms with E-state index >= 15 is 0 Å². The van der Waals surface area contributed by atoms with Gasteiger partial charge in [-0.15, -0.1) is 0 Å². The van der Waals surface area contributed by atoms with Gasteiger partial charge in [0.1, 0.15) is 24.2 Å². The van der Waals surface area contributed by atoms with E-state index in [2.05, 4.69) is 15.6 Å². The number of nitrogens with one attached hydrogen (secondary N) is 2. The number of ether oxygens (including phenoxy) is 1. The summed E-state index contributed by atoms with van der Waals surface area (Å²) in [6, 6.07) is 11.5. The van der Waals surface area contributed by atoms with E-state index in [-0.39, 0.29) is 36.8 Å². The summed E-state index contributed by atoms with van der Waals surface area (Å²) in [5.41, 5.74) is 2.28. The van der Waals surface area contributed by atoms with Gasteiger partial charge in [-0.25, -0.2) is 9.78 Å². The summed E-state index contributed by atoms with van der Waals surface area (Å²) < 4.78 is 11.0. The minimum absolute atomic E-state index is 0.0632. The summed E-state index contributed by atoms with van der Waals surface area (Å²) in [6.07, 6.45) is 0.305. The first-order valence-corrected chi connectivity index (χ1v) is 14.2. The summed E-state index contributed by atoms with van der Waals surface area (Å²) >= 11 is 0. The Kier molecular flexibility index (Phi) is 9.95. The number of benzene rings is 2. The molecule has 0 aliphatic carbocycles. The topological polar surface area (TPSA) is 151 Å². The summed E-state index contributed by atoms with van der Waals surface area (Å²) in [5, 5.41) is 14.9. The van der Waals surface area contributed by atoms with Crippen molar-refractivity contribution in [1.29, 1.82) is 0 Å². The van der Waals surface area contributed by atoms with E-state index < -0.39 is 35.9 Å². The number of likely N-dealkylation sites (tertiary alicyclic amines) is 1. The third-order valence-corrected chi connectivity index (χ3v) is 7.35. The Hall–Kier alpha value is -4.25. The first kappa shape index (κ1) is 30.7. The quantitative estimate of drug-likeness (QED) is 0.292. The Balaban J connectivity index is 1.43. The highest BCUT2D eigenvalue weighted by Crippen LogP contribution is 2.23. The highest BCUT2D eigenvalue weighted by molar-refractivity contribution is 6.01. The van der Waals surface area contributed by atoms with Crippen LogP contribution in [-0.2, 0) is 27.5 Å². The van der Waals surface area contributed by atoms with Gasteiger partial charge in [0.25, 0.3) is 5.89 Å². The average molecular weight is 579 g/mol. The molecule has 1 unspecified atom stereocenters. The fraction of sp³-hybridized carbons (Fsp3) is 0.452. The molecule has 0 radical (unpaired) electrons. The average Bonchev–Trinajstić information content (AvgIpc) is 3.64. The second kappa shape index (κ2) is 13.6. The number of nitrogens with zero attached hydrogens (tertiary/aromatic N) is 2. The number of oxazole rings is 1. The summed E-state index contributed by atoms with van der Waals surface area (Å²) in [4.78, 5) is 58.8. The van der Waals surface area contributed by atoms with Crippen LogP contribution in [0.1, 0.15) is 62.3 Å². The number of aliphatic hydroxyl groups excluding tert-OH is 1. The number of rotatable bonds is 11. The van der Waals surface area contributed by atoms with Gasteiger partial charge in [0.15, 0.2) is 5.58 Å². The number of alkyl carbamates (subject to hydrolysis) is 1. The monoisotopic (exact) mass is 578 g/mol. The third kappa shape index (κ3) is 7.14. The first-order chi connectivity index (χ1) is 20.1. The fourth-order valence-corrected chi connectivity index (χ4v) is 4.98. The van der Waals surface area contributed by atoms with Crippen LogP contribution < -0.4 is 10.6 Å². The number of fused-ring (bicyclic) bond motifs is 1. The van der Waals surface area contributed by atoms with E-state index in [1.165, 1.54) is 4.90 Å². The first-order valence-electron chi connectivity index (χ1n) is 14.2. The molecule has 11 heteroatoms. The minimum Gasteiger partial charge on any atom is -0.445 e. The van der Waals surface area contributed by atoms with E-state index in [1.54, 1.807) is 32.0 Å². The SMILES string of the molecule is CC(C)C(NC(=O)[C@@H]1CCCN1C(=O)[C@@H](NC(=O)OCc1ccccc1)C(C)C)C(=O)c1nc2cc(CO)ccc2o1. The smallest absolute Gasteiger partial charge is 0.408 e. The van der Waals surface area contributed by atoms with Crippen molar-refractivity contribution in [1.82, 2.24) is 20.5 Å². The fourth-order valence-electron chi connectivity index (χ4n) is 4.98. The van der Waals surface area contributed by atoms with Gasteiger partial charge in [-0.3, -0.25) is 14.4 Å². The molecule has 1 aromatic heterocycles. The van der Waals surface area contributed by atoms with Crippen molar-refractivity contribution in [3.8, 4) is 0 Å². The zero-order valence-electron chi connectivity index (χ0n) is 24.3. The molecule has 3 amide bonds. The van der Waals surface area contributed by atoms with Gasteiger partial charge in [-0.1, -0.05) is 64.1 Å². The molecular formula is C31H38N4O7. The number of amides is 3. The second-order valence-corrected chi connectivity index (χ2v) is 11.2. The van der Waals surface area contributed by atoms with Gasteiger partial charge in [0.2, 0.25) is 17.6 Å². The summed E-state index contributed by atoms with van der Waals surface area (Å²) in [5.74, 6) is -2.03. The minimum atomic E-state index is -0.938. The molecule has 11 nitrogen and oxygen atoms in total. The number of ketones is 1. The van der Waals surface area contributed by atoms with E-state index in [1.807, 2.05) is 44.2 Å². The lowest BCUT2D eigenvalue weighted by atomic mass is 9.98. The molecule has 3 atom stereocenters. The summed E-state index contributed by atoms with van der Waals surface area (Å²) in [6.45, 7) is 7.45. The maximum Gasteiger partial charge on any atom is 0.408 e. The number of carbonyl (C=O) groups excluding carboxylic acids is 4. The maximum atomic E-state index is 13.6. The molecule has 2 heterocycles. The maximum absolute atomic E-state index is 13.6. The van der Waals surface area contributed by atoms with Crippen molar-refractivity contribution in [3.05, 3.63) is 65.5 Å². The van der Waals surface area contributed by atoms with Gasteiger partial charge in [0, 0.05) is 6.54 Å². The predicted octanol–water partition coefficient (Wildman–Crippen LogP) is 3.59. The van der Waals surface area contributed by atoms with Gasteiger partial charge < -0.3 is 29.8 Å². The van der Waals surface area contributed by atoms with Gasteiger partial charge >= 0.3 is 6.09 Å². The second-order valence-electron chi connectivity index (χ2n) is 11.2. The third-order valence-electron chi connectivity index (χ3n) is 7.35. The van der Waals surface area contributed by atoms with Gasteiger partial charge in [-0.05, 0) is 47.9 Å². The number of carbonyl (C=O) groups is 4. The molecule has 1 fully saturated rings. The molecule has 0 saturated carbocycles. The van der Waals surface area contributed by atoms with Crippen LogP contribution in [0.25, 0.3) is 11.1 Å². The highest BCUT2D eigenvalue weighted by Gasteiger charge is 2.40. The molecule has 4 rings (SSSR count). The van der Waals surface area contributed by atoms with Crippen LogP contribution in [0.15, 0.2) is 52.9 Å². The van der Waals surface area contributed by atoms with Crippen molar-refractivity contribution in [3.63, 3.8) is 0 Å². The molecule has 1 saturated heterocycles. The van der Waals surface area contributed by atoms with Crippen molar-refractivity contribution >= 4 is 34.8 Å². The number of aromatic nitrogens is 1. The Bertz CT molecular complexity index is 1420. The Morgan fingerprint density at radius 3 is 2.38 bits per heavy atom. The molecule has 2 aromatic carbocycles. The van der Waals surface area contributed by atoms with E-state index in [4.69, 9.17) is 9.15 Å². The molecule has 224 valence electrons. The van der Waals surface area contributed by atoms with Gasteiger partial charge in [0.05, 0.1) is 12.6 Å². The highest BCUT2D eigenvalue weighted by atomic mass is 16.5. The molecule has 0 spiro atoms. The predicted molar refractivity (Wildman–Crippen MR) is 154 cm³/mol. The van der Waals surface area contributed by atoms with Crippen molar-refractivity contribution < 1.29 is 33.4 Å². The standard InChI is InChI=1S/C31H38N4O7/c1-18(2)25(27(37)29-32-22-15-21(16-36)12-13-24(22)42-29)33-28(38)23-11-8-14-35(23)30(39)26(19(3)4)34-31(40)41-17-20-9-6-5-7-10-20/h5-7,9-10,12-13,15,18-19,23,25-26,36H,8,11,14,16-17H2,1-4H3,(H,33,38)(H,34,40)/t23-,25?,26-/m0/s1. The van der Waals surface area contributed by atoms with E-state index in [0.29, 0.717) is 36.0 Å².